The largest absolute Gasteiger partial charge is 0.344 e. The highest BCUT2D eigenvalue weighted by atomic mass is 32.2. The molecule has 1 atom stereocenters. The van der Waals surface area contributed by atoms with Gasteiger partial charge in [-0.15, -0.1) is 11.3 Å². The molecule has 2 aromatic rings. The van der Waals surface area contributed by atoms with Gasteiger partial charge in [0.15, 0.2) is 0 Å². The zero-order chi connectivity index (χ0) is 18.8. The Bertz CT molecular complexity index is 824. The summed E-state index contributed by atoms with van der Waals surface area (Å²) >= 11 is 1.53. The third-order valence-corrected chi connectivity index (χ3v) is 5.98. The van der Waals surface area contributed by atoms with Crippen molar-refractivity contribution >= 4 is 27.1 Å². The molecule has 1 aromatic carbocycles. The first kappa shape index (κ1) is 19.5. The number of carbonyl (C=O) groups excluding carboxylic acids is 1. The summed E-state index contributed by atoms with van der Waals surface area (Å²) in [6.07, 6.45) is 0. The van der Waals surface area contributed by atoms with Gasteiger partial charge < -0.3 is 5.32 Å². The first-order valence-electron chi connectivity index (χ1n) is 7.50. The lowest BCUT2D eigenvalue weighted by Gasteiger charge is -2.30. The fourth-order valence-corrected chi connectivity index (χ4v) is 4.02. The molecule has 4 nitrogen and oxygen atoms in total. The third-order valence-electron chi connectivity index (χ3n) is 3.65. The van der Waals surface area contributed by atoms with Crippen LogP contribution in [0.3, 0.4) is 0 Å². The van der Waals surface area contributed by atoms with E-state index in [4.69, 9.17) is 0 Å². The first-order valence-corrected chi connectivity index (χ1v) is 9.92. The van der Waals surface area contributed by atoms with Gasteiger partial charge in [0.25, 0.3) is 5.91 Å². The Kier molecular flexibility index (Phi) is 5.63. The van der Waals surface area contributed by atoms with E-state index in [1.807, 2.05) is 38.3 Å². The van der Waals surface area contributed by atoms with Crippen LogP contribution >= 0.6 is 11.3 Å². The number of nitrogens with one attached hydrogen (secondary N) is 1. The fraction of sp³-hybridized carbons (Fsp3) is 0.353. The molecule has 0 aliphatic carbocycles. The molecule has 0 radical (unpaired) electrons. The van der Waals surface area contributed by atoms with E-state index in [-0.39, 0.29) is 17.0 Å². The number of hydrogen-bond donors (Lipinski definition) is 1. The molecule has 1 unspecified atom stereocenters. The van der Waals surface area contributed by atoms with Gasteiger partial charge in [-0.05, 0) is 41.1 Å². The van der Waals surface area contributed by atoms with Gasteiger partial charge in [-0.25, -0.2) is 8.42 Å². The second-order valence-electron chi connectivity index (χ2n) is 6.62. The van der Waals surface area contributed by atoms with Crippen molar-refractivity contribution in [1.82, 2.24) is 5.32 Å². The lowest BCUT2D eigenvalue weighted by atomic mass is 9.85. The van der Waals surface area contributed by atoms with Crippen molar-refractivity contribution in [3.8, 4) is 0 Å². The minimum Gasteiger partial charge on any atom is -0.344 e. The molecular formula is C17H19F2NO3S2. The molecule has 2 rings (SSSR count). The van der Waals surface area contributed by atoms with Crippen molar-refractivity contribution in [2.75, 3.05) is 0 Å². The molecule has 1 N–H and O–H groups in total. The van der Waals surface area contributed by atoms with Gasteiger partial charge >= 0.3 is 5.76 Å². The summed E-state index contributed by atoms with van der Waals surface area (Å²) in [5, 5.41) is 4.85. The maximum absolute atomic E-state index is 12.6. The highest BCUT2D eigenvalue weighted by Crippen LogP contribution is 2.35. The smallest absolute Gasteiger partial charge is 0.341 e. The lowest BCUT2D eigenvalue weighted by molar-refractivity contribution is 0.0903. The normalized spacial score (nSPS) is 13.7. The molecule has 136 valence electrons. The Morgan fingerprint density at radius 2 is 1.72 bits per heavy atom. The monoisotopic (exact) mass is 387 g/mol. The molecule has 25 heavy (non-hydrogen) atoms. The maximum Gasteiger partial charge on any atom is 0.341 e. The Hall–Kier alpha value is -1.80. The zero-order valence-corrected chi connectivity index (χ0v) is 15.6. The predicted molar refractivity (Wildman–Crippen MR) is 93.6 cm³/mol. The fourth-order valence-electron chi connectivity index (χ4n) is 2.28. The van der Waals surface area contributed by atoms with Crippen LogP contribution < -0.4 is 5.32 Å². The van der Waals surface area contributed by atoms with Gasteiger partial charge in [0.05, 0.1) is 10.9 Å². The van der Waals surface area contributed by atoms with Crippen molar-refractivity contribution in [2.24, 2.45) is 5.41 Å². The van der Waals surface area contributed by atoms with Crippen LogP contribution in [0.2, 0.25) is 0 Å². The molecule has 1 aromatic heterocycles. The average molecular weight is 387 g/mol. The van der Waals surface area contributed by atoms with Crippen molar-refractivity contribution in [3.05, 3.63) is 52.2 Å². The quantitative estimate of drug-likeness (QED) is 0.834. The Balaban J connectivity index is 2.23. The summed E-state index contributed by atoms with van der Waals surface area (Å²) in [4.78, 5) is 13.0. The van der Waals surface area contributed by atoms with Crippen molar-refractivity contribution in [3.63, 3.8) is 0 Å². The molecule has 0 aliphatic heterocycles. The highest BCUT2D eigenvalue weighted by molar-refractivity contribution is 7.91. The van der Waals surface area contributed by atoms with Gasteiger partial charge in [0.2, 0.25) is 9.84 Å². The Labute approximate surface area is 149 Å². The molecule has 0 aliphatic rings. The van der Waals surface area contributed by atoms with Gasteiger partial charge in [-0.1, -0.05) is 26.8 Å². The van der Waals surface area contributed by atoms with Crippen LogP contribution in [0.4, 0.5) is 8.78 Å². The zero-order valence-electron chi connectivity index (χ0n) is 14.0. The molecule has 0 saturated heterocycles. The first-order chi connectivity index (χ1) is 11.5. The minimum absolute atomic E-state index is 0.207. The van der Waals surface area contributed by atoms with Crippen LogP contribution in [0.1, 0.15) is 42.0 Å². The second-order valence-corrected chi connectivity index (χ2v) is 9.52. The molecule has 0 bridgehead atoms. The summed E-state index contributed by atoms with van der Waals surface area (Å²) < 4.78 is 48.0. The number of alkyl halides is 2. The van der Waals surface area contributed by atoms with Crippen LogP contribution in [-0.2, 0) is 9.84 Å². The summed E-state index contributed by atoms with van der Waals surface area (Å²) in [7, 11) is -4.66. The van der Waals surface area contributed by atoms with Crippen LogP contribution in [0.15, 0.2) is 46.7 Å². The van der Waals surface area contributed by atoms with Crippen LogP contribution in [0.25, 0.3) is 0 Å². The standard InChI is InChI=1S/C17H19F2NO3S2/c1-17(2,3)14(13-5-4-10-24-13)20-15(21)11-6-8-12(9-7-11)25(22,23)16(18)19/h4-10,14,16H,1-3H3,(H,20,21). The predicted octanol–water partition coefficient (Wildman–Crippen LogP) is 4.26. The van der Waals surface area contributed by atoms with Gasteiger partial charge in [-0.3, -0.25) is 4.79 Å². The molecule has 0 saturated carbocycles. The molecular weight excluding hydrogens is 368 g/mol. The number of rotatable bonds is 5. The van der Waals surface area contributed by atoms with E-state index in [9.17, 15) is 22.0 Å². The van der Waals surface area contributed by atoms with Gasteiger partial charge in [0.1, 0.15) is 0 Å². The average Bonchev–Trinajstić information content (AvgIpc) is 3.05. The van der Waals surface area contributed by atoms with E-state index in [0.717, 1.165) is 17.0 Å². The number of sulfone groups is 1. The number of halogens is 2. The maximum atomic E-state index is 12.6. The Morgan fingerprint density at radius 3 is 2.16 bits per heavy atom. The van der Waals surface area contributed by atoms with E-state index in [2.05, 4.69) is 5.32 Å². The number of benzene rings is 1. The highest BCUT2D eigenvalue weighted by Gasteiger charge is 2.30. The summed E-state index contributed by atoms with van der Waals surface area (Å²) in [5.41, 5.74) is -0.0292. The molecule has 0 fully saturated rings. The van der Waals surface area contributed by atoms with E-state index < -0.39 is 26.4 Å². The summed E-state index contributed by atoms with van der Waals surface area (Å²) in [6, 6.07) is 8.11. The van der Waals surface area contributed by atoms with Crippen molar-refractivity contribution in [1.29, 1.82) is 0 Å². The number of amides is 1. The lowest BCUT2D eigenvalue weighted by Crippen LogP contribution is -2.36. The Morgan fingerprint density at radius 1 is 1.12 bits per heavy atom. The number of carbonyl (C=O) groups is 1. The molecule has 0 spiro atoms. The SMILES string of the molecule is CC(C)(C)C(NC(=O)c1ccc(S(=O)(=O)C(F)F)cc1)c1cccs1. The van der Waals surface area contributed by atoms with Crippen LogP contribution in [0, 0.1) is 5.41 Å². The minimum atomic E-state index is -4.66. The third kappa shape index (κ3) is 4.43. The van der Waals surface area contributed by atoms with Gasteiger partial charge in [-0.2, -0.15) is 8.78 Å². The van der Waals surface area contributed by atoms with Crippen LogP contribution in [0.5, 0.6) is 0 Å². The summed E-state index contributed by atoms with van der Waals surface area (Å²) in [5.74, 6) is -3.88. The summed E-state index contributed by atoms with van der Waals surface area (Å²) in [6.45, 7) is 5.99. The molecule has 8 heteroatoms. The van der Waals surface area contributed by atoms with Gasteiger partial charge in [0, 0.05) is 10.4 Å². The van der Waals surface area contributed by atoms with E-state index in [1.165, 1.54) is 23.5 Å². The molecule has 1 amide bonds. The van der Waals surface area contributed by atoms with E-state index in [0.29, 0.717) is 0 Å². The second kappa shape index (κ2) is 7.21. The van der Waals surface area contributed by atoms with E-state index in [1.54, 1.807) is 0 Å². The van der Waals surface area contributed by atoms with Crippen LogP contribution in [-0.4, -0.2) is 20.1 Å². The van der Waals surface area contributed by atoms with E-state index >= 15 is 0 Å². The number of thiophene rings is 1. The topological polar surface area (TPSA) is 63.2 Å². The van der Waals surface area contributed by atoms with Crippen molar-refractivity contribution < 1.29 is 22.0 Å². The molecule has 1 heterocycles. The number of hydrogen-bond acceptors (Lipinski definition) is 4. The van der Waals surface area contributed by atoms with Crippen molar-refractivity contribution in [2.45, 2.75) is 37.5 Å².